The fourth-order valence-corrected chi connectivity index (χ4v) is 19.0. The summed E-state index contributed by atoms with van der Waals surface area (Å²) < 4.78 is 7.78. The molecule has 0 N–H and O–H groups in total. The molecule has 0 amide bonds. The molecule has 0 saturated heterocycles. The zero-order chi connectivity index (χ0) is 19.2. The van der Waals surface area contributed by atoms with E-state index < -0.39 is 18.4 Å². The van der Waals surface area contributed by atoms with Crippen LogP contribution in [-0.2, 0) is 0 Å². The number of nitrogens with zero attached hydrogens (tertiary/aromatic N) is 4. The molecule has 2 aromatic rings. The summed E-state index contributed by atoms with van der Waals surface area (Å²) >= 11 is -2.58. The standard InChI is InChI=1S/C9H11N4.3C4H9.Sn/c1-6(2)13-7(3)12-8-4-10-5-11-9(8)13;3*1-3-4-2;/h4,6H,1-3H3;3*1,3-4H2,2H3;. The average Bonchev–Trinajstić information content (AvgIpc) is 2.96. The molecule has 0 aliphatic heterocycles. The summed E-state index contributed by atoms with van der Waals surface area (Å²) in [6.07, 6.45) is 9.87. The zero-order valence-electron chi connectivity index (χ0n) is 17.8. The Morgan fingerprint density at radius 1 is 0.923 bits per heavy atom. The first-order chi connectivity index (χ1) is 12.5. The summed E-state index contributed by atoms with van der Waals surface area (Å²) in [5.41, 5.74) is 2.02. The molecule has 2 aromatic heterocycles. The first kappa shape index (κ1) is 21.6. The molecule has 4 nitrogen and oxygen atoms in total. The predicted molar refractivity (Wildman–Crippen MR) is 115 cm³/mol. The molecule has 0 atom stereocenters. The molecule has 5 heteroatoms. The van der Waals surface area contributed by atoms with Gasteiger partial charge < -0.3 is 0 Å². The van der Waals surface area contributed by atoms with Crippen molar-refractivity contribution in [3.05, 3.63) is 12.0 Å². The molecule has 146 valence electrons. The van der Waals surface area contributed by atoms with Crippen LogP contribution >= 0.6 is 0 Å². The van der Waals surface area contributed by atoms with Gasteiger partial charge in [-0.3, -0.25) is 0 Å². The van der Waals surface area contributed by atoms with Crippen LogP contribution in [0.15, 0.2) is 6.20 Å². The second-order valence-electron chi connectivity index (χ2n) is 8.12. The van der Waals surface area contributed by atoms with Crippen LogP contribution < -0.4 is 3.84 Å². The summed E-state index contributed by atoms with van der Waals surface area (Å²) in [6.45, 7) is 13.5. The Morgan fingerprint density at radius 3 is 1.92 bits per heavy atom. The van der Waals surface area contributed by atoms with E-state index in [4.69, 9.17) is 15.0 Å². The van der Waals surface area contributed by atoms with Gasteiger partial charge in [-0.05, 0) is 0 Å². The SMILES string of the molecule is CCC[CH2][Sn]([CH2]CCC)([CH2]CCC)[c]1ncc2nc(C)n(C(C)C)c2n1. The topological polar surface area (TPSA) is 43.6 Å². The number of rotatable bonds is 11. The normalized spacial score (nSPS) is 12.4. The van der Waals surface area contributed by atoms with Crippen molar-refractivity contribution in [3.8, 4) is 0 Å². The van der Waals surface area contributed by atoms with Crippen LogP contribution in [-0.4, -0.2) is 37.9 Å². The number of unbranched alkanes of at least 4 members (excludes halogenated alkanes) is 3. The number of hydrogen-bond acceptors (Lipinski definition) is 3. The Labute approximate surface area is 164 Å². The van der Waals surface area contributed by atoms with Crippen molar-refractivity contribution in [2.24, 2.45) is 0 Å². The van der Waals surface area contributed by atoms with E-state index in [2.05, 4.69) is 46.1 Å². The Morgan fingerprint density at radius 2 is 1.46 bits per heavy atom. The van der Waals surface area contributed by atoms with Crippen LogP contribution in [0.25, 0.3) is 11.2 Å². The third-order valence-electron chi connectivity index (χ3n) is 5.63. The van der Waals surface area contributed by atoms with Gasteiger partial charge in [0.25, 0.3) is 0 Å². The van der Waals surface area contributed by atoms with E-state index in [1.807, 2.05) is 6.20 Å². The summed E-state index contributed by atoms with van der Waals surface area (Å²) in [5, 5.41) is 0. The first-order valence-electron chi connectivity index (χ1n) is 10.7. The molecule has 26 heavy (non-hydrogen) atoms. The van der Waals surface area contributed by atoms with Crippen molar-refractivity contribution < 1.29 is 0 Å². The molecule has 0 aliphatic carbocycles. The van der Waals surface area contributed by atoms with Crippen molar-refractivity contribution >= 4 is 33.4 Å². The zero-order valence-corrected chi connectivity index (χ0v) is 20.7. The van der Waals surface area contributed by atoms with Gasteiger partial charge in [0.15, 0.2) is 0 Å². The van der Waals surface area contributed by atoms with Crippen molar-refractivity contribution in [1.82, 2.24) is 19.5 Å². The number of aryl methyl sites for hydroxylation is 1. The number of imidazole rings is 1. The Hall–Kier alpha value is -0.651. The average molecular weight is 465 g/mol. The molecule has 2 heterocycles. The van der Waals surface area contributed by atoms with Gasteiger partial charge in [0, 0.05) is 0 Å². The van der Waals surface area contributed by atoms with E-state index in [1.54, 1.807) is 0 Å². The van der Waals surface area contributed by atoms with Crippen molar-refractivity contribution in [2.75, 3.05) is 0 Å². The third-order valence-corrected chi connectivity index (χ3v) is 20.2. The van der Waals surface area contributed by atoms with Gasteiger partial charge in [0.2, 0.25) is 0 Å². The van der Waals surface area contributed by atoms with Crippen LogP contribution in [0.2, 0.25) is 13.3 Å². The summed E-state index contributed by atoms with van der Waals surface area (Å²) in [4.78, 5) is 14.9. The molecular formula is C21H38N4Sn. The second kappa shape index (κ2) is 10.0. The molecular weight excluding hydrogens is 427 g/mol. The Kier molecular flexibility index (Phi) is 8.36. The minimum absolute atomic E-state index is 0.384. The summed E-state index contributed by atoms with van der Waals surface area (Å²) in [7, 11) is 0. The van der Waals surface area contributed by atoms with E-state index in [0.717, 1.165) is 17.0 Å². The maximum atomic E-state index is 5.23. The first-order valence-corrected chi connectivity index (χ1v) is 18.2. The van der Waals surface area contributed by atoms with Gasteiger partial charge in [-0.1, -0.05) is 0 Å². The van der Waals surface area contributed by atoms with Crippen molar-refractivity contribution in [3.63, 3.8) is 0 Å². The van der Waals surface area contributed by atoms with Gasteiger partial charge in [-0.15, -0.1) is 0 Å². The quantitative estimate of drug-likeness (QED) is 0.396. The van der Waals surface area contributed by atoms with Gasteiger partial charge in [-0.2, -0.15) is 0 Å². The monoisotopic (exact) mass is 466 g/mol. The molecule has 0 fully saturated rings. The molecule has 0 saturated carbocycles. The molecule has 0 aromatic carbocycles. The van der Waals surface area contributed by atoms with E-state index in [0.29, 0.717) is 6.04 Å². The minimum atomic E-state index is -2.58. The van der Waals surface area contributed by atoms with E-state index in [9.17, 15) is 0 Å². The van der Waals surface area contributed by atoms with Crippen molar-refractivity contribution in [2.45, 2.75) is 99.4 Å². The molecule has 0 radical (unpaired) electrons. The van der Waals surface area contributed by atoms with Crippen LogP contribution in [0, 0.1) is 6.92 Å². The van der Waals surface area contributed by atoms with E-state index >= 15 is 0 Å². The number of fused-ring (bicyclic) bond motifs is 1. The van der Waals surface area contributed by atoms with E-state index in [-0.39, 0.29) is 0 Å². The third kappa shape index (κ3) is 4.79. The number of hydrogen-bond donors (Lipinski definition) is 0. The van der Waals surface area contributed by atoms with Gasteiger partial charge in [0.1, 0.15) is 0 Å². The molecule has 0 spiro atoms. The Bertz CT molecular complexity index is 671. The predicted octanol–water partition coefficient (Wildman–Crippen LogP) is 5.77. The van der Waals surface area contributed by atoms with Crippen LogP contribution in [0.1, 0.15) is 85.0 Å². The van der Waals surface area contributed by atoms with Gasteiger partial charge >= 0.3 is 164 Å². The maximum absolute atomic E-state index is 5.23. The second-order valence-corrected chi connectivity index (χ2v) is 21.0. The van der Waals surface area contributed by atoms with E-state index in [1.165, 1.54) is 55.7 Å². The Balaban J connectivity index is 2.55. The summed E-state index contributed by atoms with van der Waals surface area (Å²) in [6, 6.07) is 0.384. The molecule has 0 unspecified atom stereocenters. The fourth-order valence-electron chi connectivity index (χ4n) is 4.13. The van der Waals surface area contributed by atoms with Gasteiger partial charge in [-0.25, -0.2) is 0 Å². The van der Waals surface area contributed by atoms with Crippen LogP contribution in [0.3, 0.4) is 0 Å². The van der Waals surface area contributed by atoms with Crippen LogP contribution in [0.5, 0.6) is 0 Å². The molecule has 0 bridgehead atoms. The van der Waals surface area contributed by atoms with Crippen LogP contribution in [0.4, 0.5) is 0 Å². The molecule has 0 aliphatic rings. The fraction of sp³-hybridized carbons (Fsp3) is 0.762. The summed E-state index contributed by atoms with van der Waals surface area (Å²) in [5.74, 6) is 1.05. The van der Waals surface area contributed by atoms with Gasteiger partial charge in [0.05, 0.1) is 0 Å². The molecule has 2 rings (SSSR count). The van der Waals surface area contributed by atoms with Crippen molar-refractivity contribution in [1.29, 1.82) is 0 Å². The number of aromatic nitrogens is 4.